The molecule has 0 amide bonds. The molecule has 0 radical (unpaired) electrons. The first-order valence-corrected chi connectivity index (χ1v) is 5.63. The summed E-state index contributed by atoms with van der Waals surface area (Å²) in [7, 11) is 0. The molecule has 0 aromatic carbocycles. The maximum atomic E-state index is 8.51. The fourth-order valence-electron chi connectivity index (χ4n) is 2.45. The summed E-state index contributed by atoms with van der Waals surface area (Å²) in [5, 5.41) is 8.51. The number of rotatable bonds is 3. The maximum Gasteiger partial charge on any atom is 0.134 e. The zero-order valence-electron chi connectivity index (χ0n) is 9.49. The average molecular weight is 195 g/mol. The first kappa shape index (κ1) is 11.5. The van der Waals surface area contributed by atoms with Gasteiger partial charge in [-0.2, -0.15) is 5.26 Å². The Bertz CT molecular complexity index is 207. The molecule has 3 atom stereocenters. The molecular weight excluding hydrogens is 174 g/mol. The van der Waals surface area contributed by atoms with E-state index in [1.165, 1.54) is 12.8 Å². The second-order valence-corrected chi connectivity index (χ2v) is 4.83. The van der Waals surface area contributed by atoms with E-state index in [9.17, 15) is 0 Å². The highest BCUT2D eigenvalue weighted by Crippen LogP contribution is 2.35. The van der Waals surface area contributed by atoms with Crippen molar-refractivity contribution in [3.63, 3.8) is 0 Å². The third kappa shape index (κ3) is 2.99. The van der Waals surface area contributed by atoms with Crippen LogP contribution >= 0.6 is 0 Å². The molecule has 1 fully saturated rings. The SMILES string of the molecule is CC1CCC(C(C)C)C(OCC#N)C1. The summed E-state index contributed by atoms with van der Waals surface area (Å²) >= 11 is 0. The topological polar surface area (TPSA) is 33.0 Å². The highest BCUT2D eigenvalue weighted by atomic mass is 16.5. The Balaban J connectivity index is 2.50. The van der Waals surface area contributed by atoms with E-state index in [1.807, 2.05) is 0 Å². The van der Waals surface area contributed by atoms with Crippen LogP contribution in [0.3, 0.4) is 0 Å². The van der Waals surface area contributed by atoms with Crippen LogP contribution in [0.5, 0.6) is 0 Å². The Morgan fingerprint density at radius 2 is 2.14 bits per heavy atom. The van der Waals surface area contributed by atoms with Crippen molar-refractivity contribution >= 4 is 0 Å². The lowest BCUT2D eigenvalue weighted by Gasteiger charge is -2.36. The lowest BCUT2D eigenvalue weighted by molar-refractivity contribution is -0.0245. The van der Waals surface area contributed by atoms with Gasteiger partial charge in [0.2, 0.25) is 0 Å². The molecule has 3 unspecified atom stereocenters. The molecule has 0 aliphatic heterocycles. The van der Waals surface area contributed by atoms with Crippen LogP contribution in [0.4, 0.5) is 0 Å². The zero-order valence-corrected chi connectivity index (χ0v) is 9.49. The summed E-state index contributed by atoms with van der Waals surface area (Å²) in [6, 6.07) is 2.07. The Morgan fingerprint density at radius 3 is 2.71 bits per heavy atom. The Labute approximate surface area is 87.3 Å². The summed E-state index contributed by atoms with van der Waals surface area (Å²) in [4.78, 5) is 0. The van der Waals surface area contributed by atoms with Crippen molar-refractivity contribution in [1.29, 1.82) is 5.26 Å². The molecule has 0 spiro atoms. The van der Waals surface area contributed by atoms with E-state index in [0.29, 0.717) is 17.9 Å². The molecule has 1 aliphatic carbocycles. The number of ether oxygens (including phenoxy) is 1. The van der Waals surface area contributed by atoms with Gasteiger partial charge in [0.1, 0.15) is 6.61 Å². The molecule has 2 heteroatoms. The maximum absolute atomic E-state index is 8.51. The van der Waals surface area contributed by atoms with Gasteiger partial charge >= 0.3 is 0 Å². The standard InChI is InChI=1S/C12H21NO/c1-9(2)11-5-4-10(3)8-12(11)14-7-6-13/h9-12H,4-5,7-8H2,1-3H3. The van der Waals surface area contributed by atoms with Gasteiger partial charge in [0, 0.05) is 0 Å². The third-order valence-corrected chi connectivity index (χ3v) is 3.32. The second-order valence-electron chi connectivity index (χ2n) is 4.83. The van der Waals surface area contributed by atoms with E-state index in [1.54, 1.807) is 0 Å². The smallest absolute Gasteiger partial charge is 0.134 e. The molecule has 1 aliphatic rings. The van der Waals surface area contributed by atoms with Gasteiger partial charge in [0.15, 0.2) is 0 Å². The van der Waals surface area contributed by atoms with Crippen molar-refractivity contribution in [2.45, 2.75) is 46.1 Å². The molecule has 0 aromatic heterocycles. The monoisotopic (exact) mass is 195 g/mol. The van der Waals surface area contributed by atoms with Crippen LogP contribution in [0.15, 0.2) is 0 Å². The Hall–Kier alpha value is -0.550. The summed E-state index contributed by atoms with van der Waals surface area (Å²) in [5.41, 5.74) is 0. The van der Waals surface area contributed by atoms with E-state index in [-0.39, 0.29) is 6.61 Å². The van der Waals surface area contributed by atoms with Crippen molar-refractivity contribution < 1.29 is 4.74 Å². The van der Waals surface area contributed by atoms with E-state index in [0.717, 1.165) is 12.3 Å². The Morgan fingerprint density at radius 1 is 1.43 bits per heavy atom. The molecular formula is C12H21NO. The van der Waals surface area contributed by atoms with E-state index < -0.39 is 0 Å². The molecule has 80 valence electrons. The van der Waals surface area contributed by atoms with Crippen LogP contribution < -0.4 is 0 Å². The fraction of sp³-hybridized carbons (Fsp3) is 0.917. The number of hydrogen-bond acceptors (Lipinski definition) is 2. The highest BCUT2D eigenvalue weighted by Gasteiger charge is 2.31. The fourth-order valence-corrected chi connectivity index (χ4v) is 2.45. The minimum absolute atomic E-state index is 0.251. The van der Waals surface area contributed by atoms with Crippen molar-refractivity contribution in [2.75, 3.05) is 6.61 Å². The second kappa shape index (κ2) is 5.36. The molecule has 0 aromatic rings. The normalized spacial score (nSPS) is 32.9. The lowest BCUT2D eigenvalue weighted by atomic mass is 9.75. The molecule has 1 rings (SSSR count). The van der Waals surface area contributed by atoms with Crippen molar-refractivity contribution in [3.05, 3.63) is 0 Å². The van der Waals surface area contributed by atoms with Crippen LogP contribution in [0.25, 0.3) is 0 Å². The first-order valence-electron chi connectivity index (χ1n) is 5.63. The van der Waals surface area contributed by atoms with Gasteiger partial charge in [-0.15, -0.1) is 0 Å². The third-order valence-electron chi connectivity index (χ3n) is 3.32. The van der Waals surface area contributed by atoms with Gasteiger partial charge in [0.25, 0.3) is 0 Å². The number of hydrogen-bond donors (Lipinski definition) is 0. The Kier molecular flexibility index (Phi) is 4.41. The van der Waals surface area contributed by atoms with Crippen LogP contribution in [0.1, 0.15) is 40.0 Å². The predicted octanol–water partition coefficient (Wildman–Crippen LogP) is 2.99. The van der Waals surface area contributed by atoms with Crippen LogP contribution in [-0.4, -0.2) is 12.7 Å². The highest BCUT2D eigenvalue weighted by molar-refractivity contribution is 4.82. The summed E-state index contributed by atoms with van der Waals surface area (Å²) in [6.45, 7) is 7.03. The summed E-state index contributed by atoms with van der Waals surface area (Å²) < 4.78 is 5.62. The van der Waals surface area contributed by atoms with Gasteiger partial charge < -0.3 is 4.74 Å². The minimum atomic E-state index is 0.251. The average Bonchev–Trinajstić information content (AvgIpc) is 2.14. The largest absolute Gasteiger partial charge is 0.363 e. The van der Waals surface area contributed by atoms with E-state index in [4.69, 9.17) is 10.00 Å². The van der Waals surface area contributed by atoms with Gasteiger partial charge in [-0.05, 0) is 30.6 Å². The number of nitriles is 1. The molecule has 0 N–H and O–H groups in total. The lowest BCUT2D eigenvalue weighted by Crippen LogP contribution is -2.34. The van der Waals surface area contributed by atoms with Gasteiger partial charge in [-0.25, -0.2) is 0 Å². The predicted molar refractivity (Wildman–Crippen MR) is 56.7 cm³/mol. The van der Waals surface area contributed by atoms with E-state index in [2.05, 4.69) is 26.8 Å². The van der Waals surface area contributed by atoms with Gasteiger partial charge in [-0.3, -0.25) is 0 Å². The summed E-state index contributed by atoms with van der Waals surface area (Å²) in [5.74, 6) is 2.08. The molecule has 0 bridgehead atoms. The molecule has 0 heterocycles. The van der Waals surface area contributed by atoms with Crippen LogP contribution in [0.2, 0.25) is 0 Å². The molecule has 14 heavy (non-hydrogen) atoms. The van der Waals surface area contributed by atoms with Crippen molar-refractivity contribution in [2.24, 2.45) is 17.8 Å². The van der Waals surface area contributed by atoms with Crippen molar-refractivity contribution in [3.8, 4) is 6.07 Å². The quantitative estimate of drug-likeness (QED) is 0.693. The van der Waals surface area contributed by atoms with E-state index >= 15 is 0 Å². The van der Waals surface area contributed by atoms with Gasteiger partial charge in [0.05, 0.1) is 12.2 Å². The molecule has 2 nitrogen and oxygen atoms in total. The van der Waals surface area contributed by atoms with Crippen LogP contribution in [0, 0.1) is 29.1 Å². The van der Waals surface area contributed by atoms with Crippen LogP contribution in [-0.2, 0) is 4.74 Å². The summed E-state index contributed by atoms with van der Waals surface area (Å²) in [6.07, 6.45) is 4.02. The number of nitrogens with zero attached hydrogens (tertiary/aromatic N) is 1. The zero-order chi connectivity index (χ0) is 10.6. The van der Waals surface area contributed by atoms with Gasteiger partial charge in [-0.1, -0.05) is 27.2 Å². The van der Waals surface area contributed by atoms with Crippen molar-refractivity contribution in [1.82, 2.24) is 0 Å². The first-order chi connectivity index (χ1) is 6.65. The molecule has 0 saturated heterocycles. The minimum Gasteiger partial charge on any atom is -0.363 e. The molecule has 1 saturated carbocycles.